The van der Waals surface area contributed by atoms with Crippen molar-refractivity contribution in [2.45, 2.75) is 6.92 Å². The Morgan fingerprint density at radius 1 is 1.04 bits per heavy atom. The van der Waals surface area contributed by atoms with Crippen LogP contribution >= 0.6 is 11.6 Å². The first-order chi connectivity index (χ1) is 13.5. The third-order valence-corrected chi connectivity index (χ3v) is 4.65. The van der Waals surface area contributed by atoms with Crippen LogP contribution in [0, 0.1) is 6.92 Å². The number of allylic oxidation sites excluding steroid dienone is 1. The fraction of sp³-hybridized carbons (Fsp3) is 0.0435. The molecule has 0 atom stereocenters. The van der Waals surface area contributed by atoms with E-state index in [2.05, 4.69) is 0 Å². The number of aryl methyl sites for hydroxylation is 1. The van der Waals surface area contributed by atoms with Gasteiger partial charge in [0.1, 0.15) is 11.5 Å². The van der Waals surface area contributed by atoms with E-state index in [1.54, 1.807) is 42.5 Å². The topological polar surface area (TPSA) is 52.6 Å². The first kappa shape index (κ1) is 18.0. The highest BCUT2D eigenvalue weighted by atomic mass is 35.5. The average Bonchev–Trinajstić information content (AvgIpc) is 2.99. The zero-order valence-corrected chi connectivity index (χ0v) is 15.7. The maximum atomic E-state index is 12.5. The van der Waals surface area contributed by atoms with Crippen LogP contribution in [0.2, 0.25) is 5.02 Å². The molecule has 4 nitrogen and oxygen atoms in total. The Labute approximate surface area is 167 Å². The molecule has 0 radical (unpaired) electrons. The van der Waals surface area contributed by atoms with Crippen molar-refractivity contribution in [3.63, 3.8) is 0 Å². The molecule has 0 bridgehead atoms. The van der Waals surface area contributed by atoms with E-state index in [1.165, 1.54) is 6.07 Å². The summed E-state index contributed by atoms with van der Waals surface area (Å²) in [6.45, 7) is 2.00. The smallest absolute Gasteiger partial charge is 0.345 e. The standard InChI is InChI=1S/C23H15ClO4/c1-14-6-8-15(9-7-14)12-21-22(25)18-11-10-16(13-20(18)28-21)27-23(26)17-4-2-3-5-19(17)24/h2-13H,1H3/b21-12-. The van der Waals surface area contributed by atoms with Gasteiger partial charge in [-0.05, 0) is 42.8 Å². The maximum absolute atomic E-state index is 12.5. The van der Waals surface area contributed by atoms with Crippen LogP contribution in [0.15, 0.2) is 72.5 Å². The number of rotatable bonds is 3. The lowest BCUT2D eigenvalue weighted by molar-refractivity contribution is 0.0734. The molecular weight excluding hydrogens is 376 g/mol. The van der Waals surface area contributed by atoms with Crippen LogP contribution < -0.4 is 9.47 Å². The number of carbonyl (C=O) groups excluding carboxylic acids is 2. The van der Waals surface area contributed by atoms with E-state index in [-0.39, 0.29) is 22.9 Å². The van der Waals surface area contributed by atoms with Crippen molar-refractivity contribution < 1.29 is 19.1 Å². The molecule has 0 aromatic heterocycles. The third-order valence-electron chi connectivity index (χ3n) is 4.32. The third kappa shape index (κ3) is 3.55. The molecule has 3 aromatic carbocycles. The van der Waals surface area contributed by atoms with Gasteiger partial charge in [0, 0.05) is 6.07 Å². The first-order valence-corrected chi connectivity index (χ1v) is 9.01. The number of benzene rings is 3. The SMILES string of the molecule is Cc1ccc(/C=C2\Oc3cc(OC(=O)c4ccccc4Cl)ccc3C2=O)cc1. The van der Waals surface area contributed by atoms with E-state index < -0.39 is 5.97 Å². The molecule has 5 heteroatoms. The fourth-order valence-corrected chi connectivity index (χ4v) is 3.05. The summed E-state index contributed by atoms with van der Waals surface area (Å²) in [6, 6.07) is 19.1. The highest BCUT2D eigenvalue weighted by molar-refractivity contribution is 6.33. The van der Waals surface area contributed by atoms with Gasteiger partial charge in [0.15, 0.2) is 5.76 Å². The number of hydrogen-bond donors (Lipinski definition) is 0. The van der Waals surface area contributed by atoms with Gasteiger partial charge in [0.25, 0.3) is 0 Å². The van der Waals surface area contributed by atoms with Gasteiger partial charge >= 0.3 is 5.97 Å². The summed E-state index contributed by atoms with van der Waals surface area (Å²) >= 11 is 6.03. The number of esters is 1. The quantitative estimate of drug-likeness (QED) is 0.337. The molecule has 0 amide bonds. The van der Waals surface area contributed by atoms with Crippen LogP contribution in [0.4, 0.5) is 0 Å². The van der Waals surface area contributed by atoms with Gasteiger partial charge < -0.3 is 9.47 Å². The summed E-state index contributed by atoms with van der Waals surface area (Å²) < 4.78 is 11.1. The minimum atomic E-state index is -0.578. The Balaban J connectivity index is 1.56. The van der Waals surface area contributed by atoms with Gasteiger partial charge in [0.2, 0.25) is 5.78 Å². The van der Waals surface area contributed by atoms with Crippen molar-refractivity contribution in [1.29, 1.82) is 0 Å². The number of ketones is 1. The normalized spacial score (nSPS) is 13.9. The second-order valence-corrected chi connectivity index (χ2v) is 6.78. The number of Topliss-reactive ketones (excluding diaryl/α,β-unsaturated/α-hetero) is 1. The Morgan fingerprint density at radius 3 is 2.54 bits per heavy atom. The monoisotopic (exact) mass is 390 g/mol. The molecule has 4 rings (SSSR count). The minimum Gasteiger partial charge on any atom is -0.452 e. The predicted octanol–water partition coefficient (Wildman–Crippen LogP) is 5.48. The van der Waals surface area contributed by atoms with Crippen molar-refractivity contribution in [2.75, 3.05) is 0 Å². The Bertz CT molecular complexity index is 1110. The van der Waals surface area contributed by atoms with Gasteiger partial charge in [-0.15, -0.1) is 0 Å². The minimum absolute atomic E-state index is 0.209. The first-order valence-electron chi connectivity index (χ1n) is 8.63. The molecule has 1 aliphatic heterocycles. The van der Waals surface area contributed by atoms with Crippen LogP contribution in [0.5, 0.6) is 11.5 Å². The molecular formula is C23H15ClO4. The molecule has 3 aromatic rings. The fourth-order valence-electron chi connectivity index (χ4n) is 2.83. The largest absolute Gasteiger partial charge is 0.452 e. The molecule has 1 heterocycles. The van der Waals surface area contributed by atoms with Gasteiger partial charge in [-0.1, -0.05) is 53.6 Å². The average molecular weight is 391 g/mol. The van der Waals surface area contributed by atoms with E-state index in [0.29, 0.717) is 16.3 Å². The molecule has 138 valence electrons. The maximum Gasteiger partial charge on any atom is 0.345 e. The van der Waals surface area contributed by atoms with Gasteiger partial charge in [-0.2, -0.15) is 0 Å². The molecule has 0 N–H and O–H groups in total. The Morgan fingerprint density at radius 2 is 1.79 bits per heavy atom. The molecule has 1 aliphatic rings. The highest BCUT2D eigenvalue weighted by Gasteiger charge is 2.28. The molecule has 0 saturated heterocycles. The molecule has 0 spiro atoms. The lowest BCUT2D eigenvalue weighted by Gasteiger charge is -2.06. The second-order valence-electron chi connectivity index (χ2n) is 6.38. The number of carbonyl (C=O) groups is 2. The molecule has 0 unspecified atom stereocenters. The Kier molecular flexibility index (Phi) is 4.72. The second kappa shape index (κ2) is 7.33. The van der Waals surface area contributed by atoms with E-state index in [0.717, 1.165) is 11.1 Å². The number of fused-ring (bicyclic) bond motifs is 1. The van der Waals surface area contributed by atoms with Crippen LogP contribution in [-0.4, -0.2) is 11.8 Å². The van der Waals surface area contributed by atoms with Gasteiger partial charge in [0.05, 0.1) is 16.1 Å². The van der Waals surface area contributed by atoms with E-state index in [9.17, 15) is 9.59 Å². The van der Waals surface area contributed by atoms with E-state index in [4.69, 9.17) is 21.1 Å². The number of halogens is 1. The van der Waals surface area contributed by atoms with Crippen LogP contribution in [-0.2, 0) is 0 Å². The molecule has 0 fully saturated rings. The van der Waals surface area contributed by atoms with E-state index >= 15 is 0 Å². The van der Waals surface area contributed by atoms with Crippen molar-refractivity contribution in [3.05, 3.63) is 99.8 Å². The number of hydrogen-bond acceptors (Lipinski definition) is 4. The molecule has 28 heavy (non-hydrogen) atoms. The van der Waals surface area contributed by atoms with Crippen molar-refractivity contribution in [1.82, 2.24) is 0 Å². The van der Waals surface area contributed by atoms with Crippen molar-refractivity contribution in [2.24, 2.45) is 0 Å². The van der Waals surface area contributed by atoms with Crippen LogP contribution in [0.3, 0.4) is 0 Å². The summed E-state index contributed by atoms with van der Waals surface area (Å²) in [5, 5.41) is 0.309. The summed E-state index contributed by atoms with van der Waals surface area (Å²) in [5.41, 5.74) is 2.69. The lowest BCUT2D eigenvalue weighted by atomic mass is 10.1. The summed E-state index contributed by atoms with van der Waals surface area (Å²) in [6.07, 6.45) is 1.69. The summed E-state index contributed by atoms with van der Waals surface area (Å²) in [4.78, 5) is 24.9. The van der Waals surface area contributed by atoms with Gasteiger partial charge in [-0.3, -0.25) is 4.79 Å². The van der Waals surface area contributed by atoms with Crippen LogP contribution in [0.25, 0.3) is 6.08 Å². The summed E-state index contributed by atoms with van der Waals surface area (Å²) in [5.74, 6) is 0.0687. The van der Waals surface area contributed by atoms with Crippen molar-refractivity contribution in [3.8, 4) is 11.5 Å². The van der Waals surface area contributed by atoms with Crippen molar-refractivity contribution >= 4 is 29.4 Å². The zero-order chi connectivity index (χ0) is 19.7. The number of ether oxygens (including phenoxy) is 2. The predicted molar refractivity (Wildman–Crippen MR) is 107 cm³/mol. The van der Waals surface area contributed by atoms with Crippen LogP contribution in [0.1, 0.15) is 31.8 Å². The lowest BCUT2D eigenvalue weighted by Crippen LogP contribution is -2.09. The zero-order valence-electron chi connectivity index (χ0n) is 14.9. The Hall–Kier alpha value is -3.37. The van der Waals surface area contributed by atoms with Gasteiger partial charge in [-0.25, -0.2) is 4.79 Å². The van der Waals surface area contributed by atoms with E-state index in [1.807, 2.05) is 31.2 Å². The molecule has 0 aliphatic carbocycles. The summed E-state index contributed by atoms with van der Waals surface area (Å²) in [7, 11) is 0. The highest BCUT2D eigenvalue weighted by Crippen LogP contribution is 2.35. The molecule has 0 saturated carbocycles.